The van der Waals surface area contributed by atoms with Gasteiger partial charge in [0, 0.05) is 24.2 Å². The largest absolute Gasteiger partial charge is 0.494 e. The van der Waals surface area contributed by atoms with Gasteiger partial charge in [-0.15, -0.1) is 0 Å². The van der Waals surface area contributed by atoms with Crippen molar-refractivity contribution in [1.29, 1.82) is 0 Å². The zero-order chi connectivity index (χ0) is 23.0. The van der Waals surface area contributed by atoms with Gasteiger partial charge in [-0.2, -0.15) is 18.3 Å². The summed E-state index contributed by atoms with van der Waals surface area (Å²) < 4.78 is 51.4. The lowest BCUT2D eigenvalue weighted by molar-refractivity contribution is -0.178. The third kappa shape index (κ3) is 3.68. The molecule has 1 atom stereocenters. The van der Waals surface area contributed by atoms with Gasteiger partial charge in [0.25, 0.3) is 5.88 Å². The second kappa shape index (κ2) is 8.04. The number of nitrogens with zero attached hydrogens (tertiary/aromatic N) is 5. The minimum absolute atomic E-state index is 0.178. The van der Waals surface area contributed by atoms with E-state index in [0.29, 0.717) is 38.5 Å². The van der Waals surface area contributed by atoms with Crippen LogP contribution in [0.3, 0.4) is 0 Å². The summed E-state index contributed by atoms with van der Waals surface area (Å²) in [6.45, 7) is -1.16. The lowest BCUT2D eigenvalue weighted by Gasteiger charge is -2.17. The van der Waals surface area contributed by atoms with Gasteiger partial charge in [-0.3, -0.25) is 9.25 Å². The van der Waals surface area contributed by atoms with Crippen LogP contribution in [0.25, 0.3) is 27.8 Å². The normalized spacial score (nSPS) is 12.8. The van der Waals surface area contributed by atoms with E-state index in [-0.39, 0.29) is 11.6 Å². The minimum atomic E-state index is -4.68. The molecule has 4 rings (SSSR count). The molecular formula is C20H18F3N5O4. The van der Waals surface area contributed by atoms with E-state index in [4.69, 9.17) is 14.6 Å². The van der Waals surface area contributed by atoms with E-state index < -0.39 is 18.8 Å². The maximum absolute atomic E-state index is 13.1. The van der Waals surface area contributed by atoms with Crippen molar-refractivity contribution >= 4 is 10.9 Å². The molecule has 0 aliphatic carbocycles. The SMILES string of the molecule is COc1cc(-c2ccc3c(O)n(-c4cnn([C@H](CO)C(F)(F)F)c4)cc3n2)cnc1OC. The molecule has 0 aliphatic heterocycles. The average molecular weight is 449 g/mol. The highest BCUT2D eigenvalue weighted by Crippen LogP contribution is 2.34. The van der Waals surface area contributed by atoms with Crippen LogP contribution < -0.4 is 9.47 Å². The summed E-state index contributed by atoms with van der Waals surface area (Å²) in [5.41, 5.74) is 1.76. The third-order valence-electron chi connectivity index (χ3n) is 4.91. The Labute approximate surface area is 179 Å². The summed E-state index contributed by atoms with van der Waals surface area (Å²) in [6, 6.07) is 2.82. The molecule has 0 amide bonds. The van der Waals surface area contributed by atoms with E-state index in [1.807, 2.05) is 0 Å². The summed E-state index contributed by atoms with van der Waals surface area (Å²) in [4.78, 5) is 8.69. The number of hydrogen-bond donors (Lipinski definition) is 2. The fraction of sp³-hybridized carbons (Fsp3) is 0.250. The maximum atomic E-state index is 13.1. The van der Waals surface area contributed by atoms with Gasteiger partial charge in [0.15, 0.2) is 11.8 Å². The fourth-order valence-corrected chi connectivity index (χ4v) is 3.26. The molecule has 12 heteroatoms. The molecule has 2 N–H and O–H groups in total. The number of rotatable bonds is 6. The van der Waals surface area contributed by atoms with Crippen LogP contribution >= 0.6 is 0 Å². The van der Waals surface area contributed by atoms with Crippen molar-refractivity contribution < 1.29 is 32.9 Å². The van der Waals surface area contributed by atoms with Crippen LogP contribution in [0.4, 0.5) is 13.2 Å². The first kappa shape index (κ1) is 21.4. The molecule has 0 bridgehead atoms. The number of alkyl halides is 3. The van der Waals surface area contributed by atoms with Crippen molar-refractivity contribution in [2.24, 2.45) is 0 Å². The lowest BCUT2D eigenvalue weighted by atomic mass is 10.1. The number of hydrogen-bond acceptors (Lipinski definition) is 7. The Morgan fingerprint density at radius 3 is 2.56 bits per heavy atom. The van der Waals surface area contributed by atoms with Crippen LogP contribution in [-0.2, 0) is 0 Å². The standard InChI is InChI=1S/C20H18F3N5O4/c1-31-16-5-11(6-24-18(16)32-2)14-4-3-13-15(26-14)9-27(19(13)30)12-7-25-28(8-12)17(10-29)20(21,22)23/h3-9,17,29-30H,10H2,1-2H3/t17-/m1/s1. The third-order valence-corrected chi connectivity index (χ3v) is 4.91. The number of methoxy groups -OCH3 is 2. The molecule has 0 aliphatic rings. The smallest absolute Gasteiger partial charge is 0.413 e. The molecule has 4 heterocycles. The van der Waals surface area contributed by atoms with E-state index in [2.05, 4.69) is 15.1 Å². The molecule has 4 aromatic heterocycles. The highest BCUT2D eigenvalue weighted by Gasteiger charge is 2.41. The number of aliphatic hydroxyl groups excluding tert-OH is 1. The molecule has 0 radical (unpaired) electrons. The number of aliphatic hydroxyl groups is 1. The lowest BCUT2D eigenvalue weighted by Crippen LogP contribution is -2.29. The zero-order valence-corrected chi connectivity index (χ0v) is 16.9. The first-order valence-corrected chi connectivity index (χ1v) is 9.28. The predicted octanol–water partition coefficient (Wildman–Crippen LogP) is 3.10. The van der Waals surface area contributed by atoms with E-state index in [1.165, 1.54) is 25.0 Å². The van der Waals surface area contributed by atoms with Gasteiger partial charge in [0.2, 0.25) is 5.88 Å². The maximum Gasteiger partial charge on any atom is 0.413 e. The molecule has 4 aromatic rings. The summed E-state index contributed by atoms with van der Waals surface area (Å²) in [5.74, 6) is 0.526. The number of ether oxygens (including phenoxy) is 2. The van der Waals surface area contributed by atoms with E-state index >= 15 is 0 Å². The van der Waals surface area contributed by atoms with Crippen molar-refractivity contribution in [1.82, 2.24) is 24.3 Å². The van der Waals surface area contributed by atoms with Crippen molar-refractivity contribution in [2.75, 3.05) is 20.8 Å². The van der Waals surface area contributed by atoms with Crippen LogP contribution in [0.1, 0.15) is 6.04 Å². The number of aromatic hydroxyl groups is 1. The van der Waals surface area contributed by atoms with E-state index in [9.17, 15) is 18.3 Å². The summed E-state index contributed by atoms with van der Waals surface area (Å²) >= 11 is 0. The van der Waals surface area contributed by atoms with Gasteiger partial charge in [0.1, 0.15) is 0 Å². The van der Waals surface area contributed by atoms with E-state index in [1.54, 1.807) is 24.4 Å². The van der Waals surface area contributed by atoms with E-state index in [0.717, 1.165) is 12.4 Å². The molecule has 0 aromatic carbocycles. The zero-order valence-electron chi connectivity index (χ0n) is 16.9. The van der Waals surface area contributed by atoms with Gasteiger partial charge in [-0.25, -0.2) is 9.97 Å². The first-order valence-electron chi connectivity index (χ1n) is 9.28. The second-order valence-electron chi connectivity index (χ2n) is 6.81. The first-order chi connectivity index (χ1) is 15.3. The highest BCUT2D eigenvalue weighted by atomic mass is 19.4. The molecule has 32 heavy (non-hydrogen) atoms. The van der Waals surface area contributed by atoms with Crippen LogP contribution in [0, 0.1) is 0 Å². The van der Waals surface area contributed by atoms with Crippen LogP contribution in [-0.4, -0.2) is 61.5 Å². The Hall–Kier alpha value is -3.80. The molecule has 0 saturated heterocycles. The Bertz CT molecular complexity index is 1270. The van der Waals surface area contributed by atoms with Gasteiger partial charge in [-0.05, 0) is 18.2 Å². The number of halogens is 3. The molecule has 0 unspecified atom stereocenters. The van der Waals surface area contributed by atoms with Gasteiger partial charge in [-0.1, -0.05) is 0 Å². The van der Waals surface area contributed by atoms with Gasteiger partial charge in [0.05, 0.1) is 49.3 Å². The molecule has 9 nitrogen and oxygen atoms in total. The quantitative estimate of drug-likeness (QED) is 0.466. The Morgan fingerprint density at radius 2 is 1.91 bits per heavy atom. The molecule has 0 spiro atoms. The predicted molar refractivity (Wildman–Crippen MR) is 107 cm³/mol. The monoisotopic (exact) mass is 449 g/mol. The van der Waals surface area contributed by atoms with Crippen molar-refractivity contribution in [3.63, 3.8) is 0 Å². The van der Waals surface area contributed by atoms with Gasteiger partial charge < -0.3 is 19.7 Å². The minimum Gasteiger partial charge on any atom is -0.494 e. The van der Waals surface area contributed by atoms with Crippen molar-refractivity contribution in [2.45, 2.75) is 12.2 Å². The molecule has 0 saturated carbocycles. The van der Waals surface area contributed by atoms with Crippen molar-refractivity contribution in [3.05, 3.63) is 43.0 Å². The fourth-order valence-electron chi connectivity index (χ4n) is 3.26. The topological polar surface area (TPSA) is 107 Å². The molecule has 0 fully saturated rings. The van der Waals surface area contributed by atoms with Crippen LogP contribution in [0.15, 0.2) is 43.0 Å². The number of aromatic nitrogens is 5. The Balaban J connectivity index is 1.73. The highest BCUT2D eigenvalue weighted by molar-refractivity contribution is 5.87. The van der Waals surface area contributed by atoms with Gasteiger partial charge >= 0.3 is 6.18 Å². The summed E-state index contributed by atoms with van der Waals surface area (Å²) in [5, 5.41) is 23.8. The Morgan fingerprint density at radius 1 is 1.12 bits per heavy atom. The number of pyridine rings is 2. The summed E-state index contributed by atoms with van der Waals surface area (Å²) in [7, 11) is 2.96. The van der Waals surface area contributed by atoms with Crippen LogP contribution in [0.2, 0.25) is 0 Å². The van der Waals surface area contributed by atoms with Crippen molar-refractivity contribution in [3.8, 4) is 34.5 Å². The molecular weight excluding hydrogens is 431 g/mol. The second-order valence-corrected chi connectivity index (χ2v) is 6.81. The Kier molecular flexibility index (Phi) is 5.38. The average Bonchev–Trinajstić information content (AvgIpc) is 3.37. The van der Waals surface area contributed by atoms with Crippen LogP contribution in [0.5, 0.6) is 17.5 Å². The summed E-state index contributed by atoms with van der Waals surface area (Å²) in [6.07, 6.45) is 0.609. The molecule has 168 valence electrons. The number of fused-ring (bicyclic) bond motifs is 1.